The topological polar surface area (TPSA) is 53.4 Å². The third kappa shape index (κ3) is 4.05. The molecule has 3 heterocycles. The van der Waals surface area contributed by atoms with Gasteiger partial charge in [-0.3, -0.25) is 9.36 Å². The molecule has 33 heavy (non-hydrogen) atoms. The van der Waals surface area contributed by atoms with E-state index in [1.165, 1.54) is 5.56 Å². The number of ether oxygens (including phenoxy) is 2. The van der Waals surface area contributed by atoms with Gasteiger partial charge in [0.05, 0.1) is 16.6 Å². The van der Waals surface area contributed by atoms with Crippen molar-refractivity contribution in [1.82, 2.24) is 9.55 Å². The first kappa shape index (κ1) is 20.8. The summed E-state index contributed by atoms with van der Waals surface area (Å²) in [5.74, 6) is 1.39. The molecular weight excluding hydrogens is 412 g/mol. The van der Waals surface area contributed by atoms with E-state index in [0.717, 1.165) is 28.0 Å². The van der Waals surface area contributed by atoms with Gasteiger partial charge in [-0.2, -0.15) is 0 Å². The minimum Gasteiger partial charge on any atom is -0.489 e. The lowest BCUT2D eigenvalue weighted by Gasteiger charge is -2.16. The number of hydrogen-bond acceptors (Lipinski definition) is 4. The molecule has 164 valence electrons. The van der Waals surface area contributed by atoms with Crippen LogP contribution in [0.2, 0.25) is 0 Å². The molecule has 0 radical (unpaired) electrons. The first-order valence-electron chi connectivity index (χ1n) is 10.9. The molecular formula is C28H24N2O3. The molecule has 1 aliphatic rings. The van der Waals surface area contributed by atoms with Crippen LogP contribution in [0, 0.1) is 6.92 Å². The van der Waals surface area contributed by atoms with Gasteiger partial charge in [0.15, 0.2) is 5.65 Å². The zero-order chi connectivity index (χ0) is 22.8. The Morgan fingerprint density at radius 3 is 2.67 bits per heavy atom. The van der Waals surface area contributed by atoms with Gasteiger partial charge in [0.25, 0.3) is 5.56 Å². The molecule has 2 aromatic carbocycles. The van der Waals surface area contributed by atoms with Crippen LogP contribution in [0.5, 0.6) is 11.5 Å². The number of hydrogen-bond donors (Lipinski definition) is 0. The lowest BCUT2D eigenvalue weighted by atomic mass is 10.1. The molecule has 1 aliphatic heterocycles. The van der Waals surface area contributed by atoms with Crippen LogP contribution in [0.1, 0.15) is 11.1 Å². The highest BCUT2D eigenvalue weighted by Crippen LogP contribution is 2.31. The second kappa shape index (κ2) is 8.79. The van der Waals surface area contributed by atoms with Crippen LogP contribution in [0.4, 0.5) is 0 Å². The smallest absolute Gasteiger partial charge is 0.264 e. The SMILES string of the molecule is C=C(COc1ccc(C)cc1)C1=CCc2c(c3cccnc3n(-c3ccccc3)c2=O)OC1. The van der Waals surface area contributed by atoms with E-state index in [1.54, 1.807) is 10.8 Å². The van der Waals surface area contributed by atoms with Gasteiger partial charge in [-0.25, -0.2) is 4.98 Å². The number of benzene rings is 2. The lowest BCUT2D eigenvalue weighted by molar-refractivity contribution is 0.335. The summed E-state index contributed by atoms with van der Waals surface area (Å²) in [6.45, 7) is 6.91. The third-order valence-corrected chi connectivity index (χ3v) is 5.81. The fourth-order valence-corrected chi connectivity index (χ4v) is 3.98. The van der Waals surface area contributed by atoms with E-state index in [0.29, 0.717) is 36.6 Å². The van der Waals surface area contributed by atoms with E-state index in [-0.39, 0.29) is 5.56 Å². The summed E-state index contributed by atoms with van der Waals surface area (Å²) in [7, 11) is 0. The van der Waals surface area contributed by atoms with Crippen molar-refractivity contribution in [2.24, 2.45) is 0 Å². The monoisotopic (exact) mass is 436 g/mol. The summed E-state index contributed by atoms with van der Waals surface area (Å²) in [4.78, 5) is 18.1. The molecule has 5 rings (SSSR count). The van der Waals surface area contributed by atoms with Crippen LogP contribution in [0.3, 0.4) is 0 Å². The Balaban J connectivity index is 1.47. The third-order valence-electron chi connectivity index (χ3n) is 5.81. The molecule has 0 amide bonds. The van der Waals surface area contributed by atoms with Crippen molar-refractivity contribution < 1.29 is 9.47 Å². The Labute approximate surface area is 192 Å². The van der Waals surface area contributed by atoms with Crippen molar-refractivity contribution in [3.63, 3.8) is 0 Å². The zero-order valence-corrected chi connectivity index (χ0v) is 18.5. The summed E-state index contributed by atoms with van der Waals surface area (Å²) in [5, 5.41) is 0.812. The summed E-state index contributed by atoms with van der Waals surface area (Å²) < 4.78 is 13.7. The van der Waals surface area contributed by atoms with E-state index < -0.39 is 0 Å². The Morgan fingerprint density at radius 1 is 1.09 bits per heavy atom. The molecule has 5 heteroatoms. The number of nitrogens with zero attached hydrogens (tertiary/aromatic N) is 2. The van der Waals surface area contributed by atoms with Gasteiger partial charge in [-0.15, -0.1) is 0 Å². The van der Waals surface area contributed by atoms with Crippen molar-refractivity contribution in [2.45, 2.75) is 13.3 Å². The van der Waals surface area contributed by atoms with Crippen LogP contribution in [-0.4, -0.2) is 22.8 Å². The summed E-state index contributed by atoms with van der Waals surface area (Å²) >= 11 is 0. The van der Waals surface area contributed by atoms with Crippen molar-refractivity contribution in [2.75, 3.05) is 13.2 Å². The Bertz CT molecular complexity index is 1420. The number of pyridine rings is 2. The first-order valence-corrected chi connectivity index (χ1v) is 10.9. The van der Waals surface area contributed by atoms with Crippen molar-refractivity contribution in [1.29, 1.82) is 0 Å². The van der Waals surface area contributed by atoms with E-state index in [2.05, 4.69) is 11.6 Å². The van der Waals surface area contributed by atoms with Gasteiger partial charge in [0.1, 0.15) is 24.7 Å². The number of para-hydroxylation sites is 1. The quantitative estimate of drug-likeness (QED) is 0.432. The fraction of sp³-hybridized carbons (Fsp3) is 0.143. The average molecular weight is 437 g/mol. The number of allylic oxidation sites excluding steroid dienone is 1. The Morgan fingerprint density at radius 2 is 1.88 bits per heavy atom. The van der Waals surface area contributed by atoms with Gasteiger partial charge < -0.3 is 9.47 Å². The highest BCUT2D eigenvalue weighted by molar-refractivity contribution is 5.85. The summed E-state index contributed by atoms with van der Waals surface area (Å²) in [6.07, 6.45) is 4.16. The van der Waals surface area contributed by atoms with Crippen LogP contribution >= 0.6 is 0 Å². The second-order valence-corrected chi connectivity index (χ2v) is 8.09. The van der Waals surface area contributed by atoms with Gasteiger partial charge in [0.2, 0.25) is 0 Å². The van der Waals surface area contributed by atoms with Crippen LogP contribution in [-0.2, 0) is 6.42 Å². The van der Waals surface area contributed by atoms with E-state index >= 15 is 0 Å². The molecule has 0 spiro atoms. The standard InChI is InChI=1S/C28H24N2O3/c1-19-10-13-23(14-11-19)32-17-20(2)21-12-15-25-26(33-18-21)24-9-6-16-29-27(24)30(28(25)31)22-7-4-3-5-8-22/h3-14,16H,2,15,17-18H2,1H3. The predicted molar refractivity (Wildman–Crippen MR) is 130 cm³/mol. The van der Waals surface area contributed by atoms with Gasteiger partial charge >= 0.3 is 0 Å². The first-order chi connectivity index (χ1) is 16.1. The molecule has 0 atom stereocenters. The van der Waals surface area contributed by atoms with Gasteiger partial charge in [-0.05, 0) is 54.5 Å². The maximum Gasteiger partial charge on any atom is 0.264 e. The lowest BCUT2D eigenvalue weighted by Crippen LogP contribution is -2.24. The minimum atomic E-state index is -0.124. The normalized spacial score (nSPS) is 12.9. The number of rotatable bonds is 5. The van der Waals surface area contributed by atoms with Gasteiger partial charge in [-0.1, -0.05) is 48.6 Å². The highest BCUT2D eigenvalue weighted by atomic mass is 16.5. The molecule has 0 fully saturated rings. The maximum absolute atomic E-state index is 13.6. The van der Waals surface area contributed by atoms with Crippen LogP contribution < -0.4 is 15.0 Å². The zero-order valence-electron chi connectivity index (χ0n) is 18.5. The van der Waals surface area contributed by atoms with Gasteiger partial charge in [0, 0.05) is 12.6 Å². The maximum atomic E-state index is 13.6. The highest BCUT2D eigenvalue weighted by Gasteiger charge is 2.22. The fourth-order valence-electron chi connectivity index (χ4n) is 3.98. The molecule has 0 saturated heterocycles. The molecule has 0 aliphatic carbocycles. The van der Waals surface area contributed by atoms with E-state index in [9.17, 15) is 4.79 Å². The summed E-state index contributed by atoms with van der Waals surface area (Å²) in [5.41, 5.74) is 4.79. The number of aryl methyl sites for hydroxylation is 1. The molecule has 0 N–H and O–H groups in total. The van der Waals surface area contributed by atoms with Crippen LogP contribution in [0.25, 0.3) is 16.7 Å². The minimum absolute atomic E-state index is 0.124. The van der Waals surface area contributed by atoms with Crippen molar-refractivity contribution >= 4 is 11.0 Å². The molecule has 2 aromatic heterocycles. The predicted octanol–water partition coefficient (Wildman–Crippen LogP) is 5.19. The number of fused-ring (bicyclic) bond motifs is 3. The molecule has 0 unspecified atom stereocenters. The van der Waals surface area contributed by atoms with Crippen LogP contribution in [0.15, 0.2) is 102 Å². The van der Waals surface area contributed by atoms with E-state index in [4.69, 9.17) is 9.47 Å². The van der Waals surface area contributed by atoms with E-state index in [1.807, 2.05) is 79.7 Å². The van der Waals surface area contributed by atoms with Crippen molar-refractivity contribution in [3.8, 4) is 17.2 Å². The molecule has 5 nitrogen and oxygen atoms in total. The Kier molecular flexibility index (Phi) is 5.53. The van der Waals surface area contributed by atoms with Crippen molar-refractivity contribution in [3.05, 3.63) is 118 Å². The Hall–Kier alpha value is -4.12. The molecule has 4 aromatic rings. The molecule has 0 bridgehead atoms. The number of aromatic nitrogens is 2. The summed E-state index contributed by atoms with van der Waals surface area (Å²) in [6, 6.07) is 21.3. The largest absolute Gasteiger partial charge is 0.489 e. The average Bonchev–Trinajstić information content (AvgIpc) is 3.08. The second-order valence-electron chi connectivity index (χ2n) is 8.09. The molecule has 0 saturated carbocycles.